The highest BCUT2D eigenvalue weighted by molar-refractivity contribution is 7.89. The molecule has 2 atom stereocenters. The van der Waals surface area contributed by atoms with Crippen molar-refractivity contribution in [2.45, 2.75) is 50.7 Å². The van der Waals surface area contributed by atoms with Crippen LogP contribution in [0.1, 0.15) is 50.1 Å². The number of morpholine rings is 1. The molecule has 2 saturated heterocycles. The number of nitrogens with zero attached hydrogens (tertiary/aromatic N) is 2. The van der Waals surface area contributed by atoms with Gasteiger partial charge in [-0.3, -0.25) is 0 Å². The lowest BCUT2D eigenvalue weighted by Crippen LogP contribution is -2.52. The van der Waals surface area contributed by atoms with Crippen LogP contribution in [0.3, 0.4) is 0 Å². The Morgan fingerprint density at radius 1 is 0.963 bits per heavy atom. The standard InChI is InChI=1S/C21H32N2O3S/c24-27(25,17-18-8-4-5-9-18)23-14-15-26-20(16-22-12-6-7-13-22)21(23)19-10-2-1-3-11-19/h1-3,10-11,18,20-21H,4-9,12-17H2/t20-,21-/m0/s1. The summed E-state index contributed by atoms with van der Waals surface area (Å²) in [7, 11) is -3.30. The fraction of sp³-hybridized carbons (Fsp3) is 0.714. The summed E-state index contributed by atoms with van der Waals surface area (Å²) in [5.74, 6) is 0.624. The second-order valence-corrected chi connectivity index (χ2v) is 10.3. The van der Waals surface area contributed by atoms with Gasteiger partial charge in [-0.05, 0) is 50.3 Å². The Hall–Kier alpha value is -0.950. The topological polar surface area (TPSA) is 49.9 Å². The first-order valence-corrected chi connectivity index (χ1v) is 12.1. The molecule has 0 spiro atoms. The van der Waals surface area contributed by atoms with Gasteiger partial charge in [0.2, 0.25) is 10.0 Å². The van der Waals surface area contributed by atoms with Crippen molar-refractivity contribution in [3.63, 3.8) is 0 Å². The van der Waals surface area contributed by atoms with Crippen LogP contribution in [-0.2, 0) is 14.8 Å². The van der Waals surface area contributed by atoms with Crippen LogP contribution >= 0.6 is 0 Å². The smallest absolute Gasteiger partial charge is 0.215 e. The van der Waals surface area contributed by atoms with Crippen LogP contribution in [0.4, 0.5) is 0 Å². The monoisotopic (exact) mass is 392 g/mol. The minimum atomic E-state index is -3.30. The zero-order valence-corrected chi connectivity index (χ0v) is 16.9. The normalized spacial score (nSPS) is 28.7. The first kappa shape index (κ1) is 19.4. The van der Waals surface area contributed by atoms with Gasteiger partial charge < -0.3 is 9.64 Å². The molecular formula is C21H32N2O3S. The molecule has 4 rings (SSSR count). The number of benzene rings is 1. The van der Waals surface area contributed by atoms with Gasteiger partial charge in [0, 0.05) is 13.1 Å². The van der Waals surface area contributed by atoms with Crippen LogP contribution < -0.4 is 0 Å². The Labute approximate surface area is 163 Å². The van der Waals surface area contributed by atoms with Crippen molar-refractivity contribution in [3.8, 4) is 0 Å². The van der Waals surface area contributed by atoms with Crippen molar-refractivity contribution in [2.75, 3.05) is 38.5 Å². The van der Waals surface area contributed by atoms with Gasteiger partial charge in [-0.2, -0.15) is 4.31 Å². The Kier molecular flexibility index (Phi) is 6.17. The lowest BCUT2D eigenvalue weighted by Gasteiger charge is -2.42. The highest BCUT2D eigenvalue weighted by atomic mass is 32.2. The number of sulfonamides is 1. The fourth-order valence-electron chi connectivity index (χ4n) is 5.00. The highest BCUT2D eigenvalue weighted by Crippen LogP contribution is 2.35. The van der Waals surface area contributed by atoms with E-state index in [1.54, 1.807) is 4.31 Å². The van der Waals surface area contributed by atoms with Crippen molar-refractivity contribution in [1.29, 1.82) is 0 Å². The molecule has 2 heterocycles. The minimum absolute atomic E-state index is 0.0994. The summed E-state index contributed by atoms with van der Waals surface area (Å²) in [5.41, 5.74) is 1.05. The maximum Gasteiger partial charge on any atom is 0.215 e. The van der Waals surface area contributed by atoms with Crippen LogP contribution in [0, 0.1) is 5.92 Å². The molecule has 3 aliphatic rings. The molecule has 0 aromatic heterocycles. The minimum Gasteiger partial charge on any atom is -0.373 e. The number of rotatable bonds is 6. The van der Waals surface area contributed by atoms with Gasteiger partial charge in [-0.1, -0.05) is 43.2 Å². The number of likely N-dealkylation sites (tertiary alicyclic amines) is 1. The molecule has 5 nitrogen and oxygen atoms in total. The van der Waals surface area contributed by atoms with Gasteiger partial charge in [0.1, 0.15) is 0 Å². The van der Waals surface area contributed by atoms with E-state index in [0.29, 0.717) is 24.8 Å². The van der Waals surface area contributed by atoms with Gasteiger partial charge in [-0.15, -0.1) is 0 Å². The molecule has 1 aromatic rings. The maximum absolute atomic E-state index is 13.4. The van der Waals surface area contributed by atoms with Crippen molar-refractivity contribution < 1.29 is 13.2 Å². The molecule has 6 heteroatoms. The summed E-state index contributed by atoms with van der Waals surface area (Å²) in [6, 6.07) is 9.87. The number of hydrogen-bond donors (Lipinski definition) is 0. The second kappa shape index (κ2) is 8.60. The van der Waals surface area contributed by atoms with Gasteiger partial charge >= 0.3 is 0 Å². The summed E-state index contributed by atoms with van der Waals surface area (Å²) < 4.78 is 34.7. The molecule has 1 saturated carbocycles. The first-order chi connectivity index (χ1) is 13.1. The van der Waals surface area contributed by atoms with E-state index in [1.807, 2.05) is 18.2 Å². The molecule has 2 aliphatic heterocycles. The number of hydrogen-bond acceptors (Lipinski definition) is 4. The lowest BCUT2D eigenvalue weighted by atomic mass is 9.99. The van der Waals surface area contributed by atoms with Crippen LogP contribution in [0.15, 0.2) is 30.3 Å². The third-order valence-corrected chi connectivity index (χ3v) is 8.38. The number of ether oxygens (including phenoxy) is 1. The van der Waals surface area contributed by atoms with E-state index in [9.17, 15) is 8.42 Å². The summed E-state index contributed by atoms with van der Waals surface area (Å²) in [5, 5.41) is 0. The van der Waals surface area contributed by atoms with E-state index in [0.717, 1.165) is 38.0 Å². The zero-order chi connectivity index (χ0) is 18.7. The summed E-state index contributed by atoms with van der Waals surface area (Å²) in [6.07, 6.45) is 6.80. The molecule has 0 amide bonds. The average Bonchev–Trinajstić information content (AvgIpc) is 3.36. The molecule has 27 heavy (non-hydrogen) atoms. The van der Waals surface area contributed by atoms with Gasteiger partial charge in [0.15, 0.2) is 0 Å². The second-order valence-electron chi connectivity index (χ2n) is 8.31. The quantitative estimate of drug-likeness (QED) is 0.747. The Morgan fingerprint density at radius 2 is 1.67 bits per heavy atom. The lowest BCUT2D eigenvalue weighted by molar-refractivity contribution is -0.0543. The van der Waals surface area contributed by atoms with Crippen LogP contribution in [0.5, 0.6) is 0 Å². The SMILES string of the molecule is O=S(=O)(CC1CCCC1)N1CCO[C@@H](CN2CCCC2)[C@@H]1c1ccccc1. The Morgan fingerprint density at radius 3 is 2.37 bits per heavy atom. The molecule has 1 aliphatic carbocycles. The molecule has 0 unspecified atom stereocenters. The summed E-state index contributed by atoms with van der Waals surface area (Å²) in [4.78, 5) is 2.42. The molecule has 1 aromatic carbocycles. The van der Waals surface area contributed by atoms with Crippen molar-refractivity contribution in [3.05, 3.63) is 35.9 Å². The fourth-order valence-corrected chi connectivity index (χ4v) is 7.07. The first-order valence-electron chi connectivity index (χ1n) is 10.5. The van der Waals surface area contributed by atoms with Crippen molar-refractivity contribution in [2.24, 2.45) is 5.92 Å². The zero-order valence-electron chi connectivity index (χ0n) is 16.1. The maximum atomic E-state index is 13.4. The van der Waals surface area contributed by atoms with Crippen molar-refractivity contribution >= 4 is 10.0 Å². The Balaban J connectivity index is 1.59. The van der Waals surface area contributed by atoms with Crippen LogP contribution in [0.25, 0.3) is 0 Å². The summed E-state index contributed by atoms with van der Waals surface area (Å²) >= 11 is 0. The largest absolute Gasteiger partial charge is 0.373 e. The van der Waals surface area contributed by atoms with E-state index in [2.05, 4.69) is 17.0 Å². The predicted molar refractivity (Wildman–Crippen MR) is 107 cm³/mol. The van der Waals surface area contributed by atoms with E-state index >= 15 is 0 Å². The van der Waals surface area contributed by atoms with Gasteiger partial charge in [0.25, 0.3) is 0 Å². The average molecular weight is 393 g/mol. The predicted octanol–water partition coefficient (Wildman–Crippen LogP) is 3.04. The van der Waals surface area contributed by atoms with E-state index in [4.69, 9.17) is 4.74 Å². The Bertz CT molecular complexity index is 697. The molecule has 150 valence electrons. The molecule has 0 N–H and O–H groups in total. The molecule has 0 radical (unpaired) electrons. The van der Waals surface area contributed by atoms with E-state index in [-0.39, 0.29) is 12.1 Å². The van der Waals surface area contributed by atoms with E-state index < -0.39 is 10.0 Å². The van der Waals surface area contributed by atoms with Crippen LogP contribution in [0.2, 0.25) is 0 Å². The third-order valence-electron chi connectivity index (χ3n) is 6.36. The third kappa shape index (κ3) is 4.56. The van der Waals surface area contributed by atoms with Crippen molar-refractivity contribution in [1.82, 2.24) is 9.21 Å². The highest BCUT2D eigenvalue weighted by Gasteiger charge is 2.41. The molecular weight excluding hydrogens is 360 g/mol. The molecule has 3 fully saturated rings. The van der Waals surface area contributed by atoms with E-state index in [1.165, 1.54) is 25.7 Å². The van der Waals surface area contributed by atoms with Gasteiger partial charge in [0.05, 0.1) is 24.5 Å². The summed E-state index contributed by atoms with van der Waals surface area (Å²) in [6.45, 7) is 3.96. The van der Waals surface area contributed by atoms with Crippen LogP contribution in [-0.4, -0.2) is 62.3 Å². The van der Waals surface area contributed by atoms with Gasteiger partial charge in [-0.25, -0.2) is 8.42 Å². The molecule has 0 bridgehead atoms.